The first-order valence-electron chi connectivity index (χ1n) is 12.7. The molecule has 206 valence electrons. The summed E-state index contributed by atoms with van der Waals surface area (Å²) < 4.78 is 0. The van der Waals surface area contributed by atoms with Gasteiger partial charge in [0.1, 0.15) is 18.1 Å². The Kier molecular flexibility index (Phi) is 9.83. The van der Waals surface area contributed by atoms with Crippen molar-refractivity contribution in [1.82, 2.24) is 26.3 Å². The van der Waals surface area contributed by atoms with E-state index in [1.54, 1.807) is 20.0 Å². The first-order chi connectivity index (χ1) is 18.1. The molecule has 0 aliphatic carbocycles. The molecule has 7 N–H and O–H groups in total. The van der Waals surface area contributed by atoms with E-state index in [1.807, 2.05) is 24.3 Å². The molecule has 0 saturated carbocycles. The fourth-order valence-corrected chi connectivity index (χ4v) is 4.50. The molecule has 38 heavy (non-hydrogen) atoms. The Morgan fingerprint density at radius 3 is 2.39 bits per heavy atom. The van der Waals surface area contributed by atoms with Crippen LogP contribution >= 0.6 is 0 Å². The van der Waals surface area contributed by atoms with Crippen LogP contribution < -0.4 is 21.3 Å². The number of hydrogen-bond donors (Lipinski definition) is 7. The van der Waals surface area contributed by atoms with Crippen molar-refractivity contribution in [2.75, 3.05) is 6.54 Å². The zero-order valence-electron chi connectivity index (χ0n) is 21.5. The number of benzene rings is 1. The van der Waals surface area contributed by atoms with Crippen molar-refractivity contribution in [1.29, 1.82) is 0 Å². The third-order valence-corrected chi connectivity index (χ3v) is 6.90. The number of H-pyrrole nitrogens is 1. The number of aromatic amines is 1. The number of hydrogen-bond acceptors (Lipinski definition) is 6. The van der Waals surface area contributed by atoms with Crippen LogP contribution in [0.2, 0.25) is 0 Å². The number of amides is 3. The van der Waals surface area contributed by atoms with Gasteiger partial charge in [-0.15, -0.1) is 0 Å². The molecule has 1 aliphatic rings. The largest absolute Gasteiger partial charge is 0.481 e. The van der Waals surface area contributed by atoms with Gasteiger partial charge in [0.25, 0.3) is 0 Å². The number of aliphatic carboxylic acids is 2. The van der Waals surface area contributed by atoms with Crippen molar-refractivity contribution in [3.05, 3.63) is 36.0 Å². The number of carboxylic acid groups (broad SMARTS) is 2. The molecule has 1 aliphatic heterocycles. The highest BCUT2D eigenvalue weighted by molar-refractivity contribution is 5.96. The number of para-hydroxylation sites is 1. The van der Waals surface area contributed by atoms with E-state index in [2.05, 4.69) is 26.3 Å². The lowest BCUT2D eigenvalue weighted by Gasteiger charge is -2.27. The molecule has 0 spiro atoms. The smallest absolute Gasteiger partial charge is 0.326 e. The molecular formula is C26H35N5O7. The summed E-state index contributed by atoms with van der Waals surface area (Å²) in [6.07, 6.45) is 2.86. The van der Waals surface area contributed by atoms with Crippen LogP contribution in [0.3, 0.4) is 0 Å². The van der Waals surface area contributed by atoms with Crippen LogP contribution in [0.15, 0.2) is 30.5 Å². The summed E-state index contributed by atoms with van der Waals surface area (Å²) >= 11 is 0. The van der Waals surface area contributed by atoms with E-state index in [0.29, 0.717) is 24.9 Å². The van der Waals surface area contributed by atoms with Crippen molar-refractivity contribution >= 4 is 40.6 Å². The second-order valence-corrected chi connectivity index (χ2v) is 9.64. The minimum Gasteiger partial charge on any atom is -0.481 e. The first-order valence-corrected chi connectivity index (χ1v) is 12.7. The molecule has 1 aromatic carbocycles. The maximum absolute atomic E-state index is 13.3. The average Bonchev–Trinajstić information content (AvgIpc) is 3.56. The summed E-state index contributed by atoms with van der Waals surface area (Å²) in [5.74, 6) is -4.96. The van der Waals surface area contributed by atoms with Gasteiger partial charge in [-0.1, -0.05) is 38.5 Å². The number of carboxylic acids is 2. The lowest BCUT2D eigenvalue weighted by Crippen LogP contribution is -2.59. The van der Waals surface area contributed by atoms with E-state index in [4.69, 9.17) is 0 Å². The molecule has 3 rings (SSSR count). The number of nitrogens with one attached hydrogen (secondary N) is 5. The summed E-state index contributed by atoms with van der Waals surface area (Å²) in [4.78, 5) is 65.4. The van der Waals surface area contributed by atoms with Crippen molar-refractivity contribution in [3.63, 3.8) is 0 Å². The van der Waals surface area contributed by atoms with Crippen molar-refractivity contribution in [3.8, 4) is 0 Å². The van der Waals surface area contributed by atoms with Gasteiger partial charge < -0.3 is 36.5 Å². The first kappa shape index (κ1) is 28.6. The number of carbonyl (C=O) groups excluding carboxylic acids is 3. The van der Waals surface area contributed by atoms with E-state index in [9.17, 15) is 34.2 Å². The summed E-state index contributed by atoms with van der Waals surface area (Å²) in [7, 11) is 0. The van der Waals surface area contributed by atoms with Crippen molar-refractivity contribution < 1.29 is 34.2 Å². The zero-order chi connectivity index (χ0) is 27.8. The second-order valence-electron chi connectivity index (χ2n) is 9.64. The zero-order valence-corrected chi connectivity index (χ0v) is 21.5. The summed E-state index contributed by atoms with van der Waals surface area (Å²) in [5, 5.41) is 30.5. The van der Waals surface area contributed by atoms with Crippen LogP contribution in [0.1, 0.15) is 45.1 Å². The Labute approximate surface area is 219 Å². The van der Waals surface area contributed by atoms with Crippen molar-refractivity contribution in [2.45, 2.75) is 70.1 Å². The van der Waals surface area contributed by atoms with Gasteiger partial charge in [0.2, 0.25) is 17.7 Å². The van der Waals surface area contributed by atoms with E-state index in [0.717, 1.165) is 17.3 Å². The molecule has 5 atom stereocenters. The predicted octanol–water partition coefficient (Wildman–Crippen LogP) is 0.522. The molecule has 2 heterocycles. The minimum absolute atomic E-state index is 0.0122. The molecule has 0 radical (unpaired) electrons. The highest BCUT2D eigenvalue weighted by Crippen LogP contribution is 2.19. The minimum atomic E-state index is -1.40. The number of fused-ring (bicyclic) bond motifs is 1. The van der Waals surface area contributed by atoms with Gasteiger partial charge in [0, 0.05) is 23.5 Å². The normalized spacial score (nSPS) is 18.2. The third kappa shape index (κ3) is 7.31. The predicted molar refractivity (Wildman–Crippen MR) is 138 cm³/mol. The maximum Gasteiger partial charge on any atom is 0.326 e. The van der Waals surface area contributed by atoms with Crippen LogP contribution in [0.4, 0.5) is 0 Å². The van der Waals surface area contributed by atoms with Crippen LogP contribution in [0.5, 0.6) is 0 Å². The fraction of sp³-hybridized carbons (Fsp3) is 0.500. The number of rotatable bonds is 13. The molecule has 5 unspecified atom stereocenters. The van der Waals surface area contributed by atoms with Crippen LogP contribution in [-0.4, -0.2) is 75.6 Å². The highest BCUT2D eigenvalue weighted by atomic mass is 16.4. The summed E-state index contributed by atoms with van der Waals surface area (Å²) in [5.41, 5.74) is 1.55. The molecule has 0 bridgehead atoms. The molecule has 1 saturated heterocycles. The van der Waals surface area contributed by atoms with E-state index >= 15 is 0 Å². The standard InChI is InChI=1S/C26H35N5O7/c1-3-14(2)22(31-24(35)19(12-21(32)33)29-23(34)18-9-6-10-27-18)25(36)30-20(26(37)38)11-15-13-28-17-8-5-4-7-16(15)17/h4-5,7-8,13-14,18-20,22,27-28H,3,6,9-12H2,1-2H3,(H,29,34)(H,30,36)(H,31,35)(H,32,33)(H,37,38). The van der Waals surface area contributed by atoms with E-state index < -0.39 is 66.2 Å². The van der Waals surface area contributed by atoms with Gasteiger partial charge in [-0.2, -0.15) is 0 Å². The Balaban J connectivity index is 1.73. The molecule has 3 amide bonds. The SMILES string of the molecule is CCC(C)C(NC(=O)C(CC(=O)O)NC(=O)C1CCCN1)C(=O)NC(Cc1c[nH]c2ccccc12)C(=O)O. The molecule has 12 heteroatoms. The molecular weight excluding hydrogens is 494 g/mol. The quantitative estimate of drug-likeness (QED) is 0.195. The number of aromatic nitrogens is 1. The number of carbonyl (C=O) groups is 5. The third-order valence-electron chi connectivity index (χ3n) is 6.90. The fourth-order valence-electron chi connectivity index (χ4n) is 4.50. The van der Waals surface area contributed by atoms with Gasteiger partial charge in [-0.05, 0) is 36.9 Å². The topological polar surface area (TPSA) is 190 Å². The Morgan fingerprint density at radius 2 is 1.76 bits per heavy atom. The van der Waals surface area contributed by atoms with Gasteiger partial charge in [0.05, 0.1) is 12.5 Å². The van der Waals surface area contributed by atoms with Crippen LogP contribution in [-0.2, 0) is 30.4 Å². The summed E-state index contributed by atoms with van der Waals surface area (Å²) in [6, 6.07) is 3.05. The van der Waals surface area contributed by atoms with Crippen LogP contribution in [0, 0.1) is 5.92 Å². The van der Waals surface area contributed by atoms with Gasteiger partial charge in [-0.25, -0.2) is 4.79 Å². The van der Waals surface area contributed by atoms with Gasteiger partial charge in [0.15, 0.2) is 0 Å². The Hall–Kier alpha value is -3.93. The van der Waals surface area contributed by atoms with Gasteiger partial charge in [-0.3, -0.25) is 19.2 Å². The second kappa shape index (κ2) is 13.0. The molecule has 1 fully saturated rings. The molecule has 1 aromatic heterocycles. The van der Waals surface area contributed by atoms with E-state index in [-0.39, 0.29) is 6.42 Å². The van der Waals surface area contributed by atoms with E-state index in [1.165, 1.54) is 0 Å². The lowest BCUT2D eigenvalue weighted by atomic mass is 9.96. The monoisotopic (exact) mass is 529 g/mol. The summed E-state index contributed by atoms with van der Waals surface area (Å²) in [6.45, 7) is 4.17. The molecule has 12 nitrogen and oxygen atoms in total. The maximum atomic E-state index is 13.3. The van der Waals surface area contributed by atoms with Crippen molar-refractivity contribution in [2.24, 2.45) is 5.92 Å². The molecule has 2 aromatic rings. The Morgan fingerprint density at radius 1 is 1.03 bits per heavy atom. The highest BCUT2D eigenvalue weighted by Gasteiger charge is 2.34. The van der Waals surface area contributed by atoms with Gasteiger partial charge >= 0.3 is 11.9 Å². The average molecular weight is 530 g/mol. The Bertz CT molecular complexity index is 1170. The lowest BCUT2D eigenvalue weighted by molar-refractivity contribution is -0.143. The van der Waals surface area contributed by atoms with Crippen LogP contribution in [0.25, 0.3) is 10.9 Å².